The van der Waals surface area contributed by atoms with E-state index in [1.807, 2.05) is 17.5 Å². The lowest BCUT2D eigenvalue weighted by Gasteiger charge is -2.19. The van der Waals surface area contributed by atoms with Crippen LogP contribution in [-0.2, 0) is 11.3 Å². The number of aromatic nitrogens is 1. The van der Waals surface area contributed by atoms with Gasteiger partial charge in [0.15, 0.2) is 5.13 Å². The normalized spacial score (nSPS) is 10.9. The molecule has 2 N–H and O–H groups in total. The number of carbonyl (C=O) groups excluding carboxylic acids is 2. The van der Waals surface area contributed by atoms with Crippen molar-refractivity contribution >= 4 is 28.5 Å². The molecule has 1 heterocycles. The Morgan fingerprint density at radius 3 is 2.39 bits per heavy atom. The first-order chi connectivity index (χ1) is 15.7. The van der Waals surface area contributed by atoms with Gasteiger partial charge in [0, 0.05) is 29.1 Å². The van der Waals surface area contributed by atoms with Gasteiger partial charge in [-0.3, -0.25) is 10.1 Å². The van der Waals surface area contributed by atoms with Gasteiger partial charge in [0.05, 0.1) is 19.9 Å². The van der Waals surface area contributed by atoms with E-state index in [1.165, 1.54) is 11.3 Å². The number of alkyl carbamates (subject to hydrolysis) is 1. The molecule has 0 aliphatic heterocycles. The van der Waals surface area contributed by atoms with Crippen LogP contribution in [0.15, 0.2) is 47.8 Å². The second-order valence-corrected chi connectivity index (χ2v) is 8.97. The van der Waals surface area contributed by atoms with Crippen LogP contribution in [0, 0.1) is 0 Å². The zero-order chi connectivity index (χ0) is 24.0. The van der Waals surface area contributed by atoms with Crippen LogP contribution in [0.1, 0.15) is 36.7 Å². The standard InChI is InChI=1S/C24H27N3O5S/c1-24(2,3)32-23(29)25-13-15-6-8-16(9-7-15)21(28)27-22-26-19(14-33-22)18-11-10-17(30-4)12-20(18)31-5/h6-12,14H,13H2,1-5H3,(H,25,29)(H,26,27,28). The summed E-state index contributed by atoms with van der Waals surface area (Å²) in [7, 11) is 3.18. The van der Waals surface area contributed by atoms with Gasteiger partial charge < -0.3 is 19.5 Å². The second kappa shape index (κ2) is 10.4. The lowest BCUT2D eigenvalue weighted by Crippen LogP contribution is -2.32. The molecular weight excluding hydrogens is 442 g/mol. The van der Waals surface area contributed by atoms with Crippen molar-refractivity contribution in [2.45, 2.75) is 32.9 Å². The molecule has 33 heavy (non-hydrogen) atoms. The van der Waals surface area contributed by atoms with Crippen molar-refractivity contribution < 1.29 is 23.8 Å². The Balaban J connectivity index is 1.61. The Morgan fingerprint density at radius 2 is 1.76 bits per heavy atom. The minimum absolute atomic E-state index is 0.274. The SMILES string of the molecule is COc1ccc(-c2csc(NC(=O)c3ccc(CNC(=O)OC(C)(C)C)cc3)n2)c(OC)c1. The number of hydrogen-bond acceptors (Lipinski definition) is 7. The molecule has 0 atom stereocenters. The molecule has 0 spiro atoms. The van der Waals surface area contributed by atoms with Crippen LogP contribution >= 0.6 is 11.3 Å². The summed E-state index contributed by atoms with van der Waals surface area (Å²) in [5.74, 6) is 1.04. The van der Waals surface area contributed by atoms with Gasteiger partial charge in [-0.1, -0.05) is 12.1 Å². The first kappa shape index (κ1) is 24.1. The molecule has 0 bridgehead atoms. The molecule has 9 heteroatoms. The Hall–Kier alpha value is -3.59. The Kier molecular flexibility index (Phi) is 7.55. The maximum Gasteiger partial charge on any atom is 0.407 e. The molecule has 0 unspecified atom stereocenters. The summed E-state index contributed by atoms with van der Waals surface area (Å²) in [6.07, 6.45) is -0.489. The lowest BCUT2D eigenvalue weighted by atomic mass is 10.1. The largest absolute Gasteiger partial charge is 0.497 e. The number of nitrogens with zero attached hydrogens (tertiary/aromatic N) is 1. The van der Waals surface area contributed by atoms with Crippen molar-refractivity contribution in [1.29, 1.82) is 0 Å². The molecule has 0 aliphatic carbocycles. The molecule has 0 aliphatic rings. The van der Waals surface area contributed by atoms with Gasteiger partial charge in [0.2, 0.25) is 0 Å². The number of nitrogens with one attached hydrogen (secondary N) is 2. The van der Waals surface area contributed by atoms with Gasteiger partial charge in [-0.2, -0.15) is 0 Å². The van der Waals surface area contributed by atoms with E-state index >= 15 is 0 Å². The number of ether oxygens (including phenoxy) is 3. The van der Waals surface area contributed by atoms with Gasteiger partial charge >= 0.3 is 6.09 Å². The summed E-state index contributed by atoms with van der Waals surface area (Å²) < 4.78 is 15.9. The molecule has 174 valence electrons. The van der Waals surface area contributed by atoms with Crippen molar-refractivity contribution in [3.63, 3.8) is 0 Å². The van der Waals surface area contributed by atoms with E-state index in [2.05, 4.69) is 15.6 Å². The van der Waals surface area contributed by atoms with Crippen LogP contribution in [0.4, 0.5) is 9.93 Å². The van der Waals surface area contributed by atoms with Crippen molar-refractivity contribution in [2.75, 3.05) is 19.5 Å². The molecule has 0 fully saturated rings. The number of hydrogen-bond donors (Lipinski definition) is 2. The van der Waals surface area contributed by atoms with Crippen LogP contribution in [0.2, 0.25) is 0 Å². The van der Waals surface area contributed by atoms with Crippen molar-refractivity contribution in [3.05, 3.63) is 59.0 Å². The first-order valence-electron chi connectivity index (χ1n) is 10.2. The predicted molar refractivity (Wildman–Crippen MR) is 128 cm³/mol. The van der Waals surface area contributed by atoms with Gasteiger partial charge in [0.25, 0.3) is 5.91 Å². The maximum absolute atomic E-state index is 12.6. The summed E-state index contributed by atoms with van der Waals surface area (Å²) in [6.45, 7) is 5.72. The summed E-state index contributed by atoms with van der Waals surface area (Å²) >= 11 is 1.32. The molecule has 0 saturated carbocycles. The highest BCUT2D eigenvalue weighted by atomic mass is 32.1. The summed E-state index contributed by atoms with van der Waals surface area (Å²) in [4.78, 5) is 28.9. The highest BCUT2D eigenvalue weighted by molar-refractivity contribution is 7.14. The summed E-state index contributed by atoms with van der Waals surface area (Å²) in [5, 5.41) is 7.84. The van der Waals surface area contributed by atoms with E-state index in [0.29, 0.717) is 34.4 Å². The van der Waals surface area contributed by atoms with Crippen LogP contribution in [0.3, 0.4) is 0 Å². The van der Waals surface area contributed by atoms with Crippen LogP contribution in [0.25, 0.3) is 11.3 Å². The molecule has 8 nitrogen and oxygen atoms in total. The smallest absolute Gasteiger partial charge is 0.407 e. The van der Waals surface area contributed by atoms with Gasteiger partial charge in [-0.05, 0) is 50.6 Å². The van der Waals surface area contributed by atoms with Gasteiger partial charge in [-0.15, -0.1) is 11.3 Å². The number of benzene rings is 2. The van der Waals surface area contributed by atoms with E-state index in [9.17, 15) is 9.59 Å². The van der Waals surface area contributed by atoms with E-state index in [0.717, 1.165) is 11.1 Å². The van der Waals surface area contributed by atoms with E-state index in [-0.39, 0.29) is 5.91 Å². The van der Waals surface area contributed by atoms with E-state index in [4.69, 9.17) is 14.2 Å². The fourth-order valence-corrected chi connectivity index (χ4v) is 3.60. The molecule has 3 aromatic rings. The van der Waals surface area contributed by atoms with Crippen molar-refractivity contribution in [2.24, 2.45) is 0 Å². The molecule has 2 amide bonds. The summed E-state index contributed by atoms with van der Waals surface area (Å²) in [6, 6.07) is 12.4. The first-order valence-corrected chi connectivity index (χ1v) is 11.1. The minimum Gasteiger partial charge on any atom is -0.497 e. The van der Waals surface area contributed by atoms with E-state index < -0.39 is 11.7 Å². The Morgan fingerprint density at radius 1 is 1.03 bits per heavy atom. The van der Waals surface area contributed by atoms with Gasteiger partial charge in [-0.25, -0.2) is 9.78 Å². The second-order valence-electron chi connectivity index (χ2n) is 8.11. The number of methoxy groups -OCH3 is 2. The molecule has 2 aromatic carbocycles. The fourth-order valence-electron chi connectivity index (χ4n) is 2.90. The van der Waals surface area contributed by atoms with Crippen LogP contribution in [-0.4, -0.2) is 36.8 Å². The molecule has 0 saturated heterocycles. The van der Waals surface area contributed by atoms with Crippen molar-refractivity contribution in [1.82, 2.24) is 10.3 Å². The average Bonchev–Trinajstić information content (AvgIpc) is 3.24. The fraction of sp³-hybridized carbons (Fsp3) is 0.292. The number of carbonyl (C=O) groups is 2. The van der Waals surface area contributed by atoms with Gasteiger partial charge in [0.1, 0.15) is 17.1 Å². The number of anilines is 1. The highest BCUT2D eigenvalue weighted by Gasteiger charge is 2.16. The molecule has 0 radical (unpaired) electrons. The summed E-state index contributed by atoms with van der Waals surface area (Å²) in [5.41, 5.74) is 2.27. The molecular formula is C24H27N3O5S. The molecule has 1 aromatic heterocycles. The Bertz CT molecular complexity index is 1120. The third-order valence-corrected chi connectivity index (χ3v) is 5.22. The zero-order valence-corrected chi connectivity index (χ0v) is 20.0. The third kappa shape index (κ3) is 6.69. The molecule has 3 rings (SSSR count). The van der Waals surface area contributed by atoms with Crippen LogP contribution in [0.5, 0.6) is 11.5 Å². The quantitative estimate of drug-likeness (QED) is 0.499. The number of rotatable bonds is 7. The topological polar surface area (TPSA) is 98.8 Å². The van der Waals surface area contributed by atoms with Crippen molar-refractivity contribution in [3.8, 4) is 22.8 Å². The average molecular weight is 470 g/mol. The predicted octanol–water partition coefficient (Wildman–Crippen LogP) is 5.10. The number of amides is 2. The number of thiazole rings is 1. The minimum atomic E-state index is -0.555. The zero-order valence-electron chi connectivity index (χ0n) is 19.2. The third-order valence-electron chi connectivity index (χ3n) is 4.46. The monoisotopic (exact) mass is 469 g/mol. The maximum atomic E-state index is 12.6. The van der Waals surface area contributed by atoms with E-state index in [1.54, 1.807) is 65.3 Å². The Labute approximate surface area is 196 Å². The lowest BCUT2D eigenvalue weighted by molar-refractivity contribution is 0.0523. The van der Waals surface area contributed by atoms with Crippen LogP contribution < -0.4 is 20.1 Å². The highest BCUT2D eigenvalue weighted by Crippen LogP contribution is 2.34.